The molecule has 0 aliphatic heterocycles. The second-order valence-electron chi connectivity index (χ2n) is 8.18. The Kier molecular flexibility index (Phi) is 9.17. The fraction of sp³-hybridized carbons (Fsp3) is 0.600. The topological polar surface area (TPSA) is 52.6 Å². The highest BCUT2D eigenvalue weighted by atomic mass is 19.4. The maximum Gasteiger partial charge on any atom is 0.381 e. The van der Waals surface area contributed by atoms with E-state index in [1.165, 1.54) is 0 Å². The molecule has 0 aromatic heterocycles. The molecule has 1 aromatic rings. The van der Waals surface area contributed by atoms with E-state index in [0.29, 0.717) is 12.1 Å². The number of alkyl halides is 16. The Balaban J connectivity index is 3.16. The average Bonchev–Trinajstić information content (AvgIpc) is 2.79. The smallest absolute Gasteiger partial charge is 0.381 e. The summed E-state index contributed by atoms with van der Waals surface area (Å²) in [5.41, 5.74) is -2.75. The lowest BCUT2D eigenvalue weighted by molar-refractivity contribution is -0.366. The molecule has 1 rings (SSSR count). The first-order chi connectivity index (χ1) is 17.5. The van der Waals surface area contributed by atoms with Gasteiger partial charge in [-0.15, -0.1) is 0 Å². The minimum atomic E-state index is -6.84. The number of hydrogen-bond donors (Lipinski definition) is 0. The quantitative estimate of drug-likeness (QED) is 0.184. The number of hydrogen-bond acceptors (Lipinski definition) is 4. The molecule has 0 aliphatic carbocycles. The van der Waals surface area contributed by atoms with Crippen LogP contribution in [0.5, 0.6) is 0 Å². The molecule has 0 N–H and O–H groups in total. The van der Waals surface area contributed by atoms with Gasteiger partial charge in [-0.3, -0.25) is 0 Å². The summed E-state index contributed by atoms with van der Waals surface area (Å²) < 4.78 is 220. The van der Waals surface area contributed by atoms with Crippen molar-refractivity contribution in [3.63, 3.8) is 0 Å². The van der Waals surface area contributed by atoms with E-state index < -0.39 is 97.5 Å². The van der Waals surface area contributed by atoms with Gasteiger partial charge < -0.3 is 9.47 Å². The van der Waals surface area contributed by atoms with Crippen LogP contribution < -0.4 is 0 Å². The number of halogens is 16. The number of esters is 2. The molecule has 0 saturated carbocycles. The molecule has 0 bridgehead atoms. The molecule has 0 atom stereocenters. The Morgan fingerprint density at radius 2 is 0.775 bits per heavy atom. The fourth-order valence-electron chi connectivity index (χ4n) is 2.50. The van der Waals surface area contributed by atoms with E-state index in [4.69, 9.17) is 0 Å². The van der Waals surface area contributed by atoms with Crippen LogP contribution in [0.2, 0.25) is 0 Å². The van der Waals surface area contributed by atoms with Crippen molar-refractivity contribution < 1.29 is 89.3 Å². The van der Waals surface area contributed by atoms with Crippen molar-refractivity contribution in [3.05, 3.63) is 35.4 Å². The van der Waals surface area contributed by atoms with Crippen LogP contribution in [0.1, 0.15) is 34.6 Å². The van der Waals surface area contributed by atoms with Crippen molar-refractivity contribution in [2.24, 2.45) is 0 Å². The number of carbonyl (C=O) groups excluding carboxylic acids is 2. The third-order valence-electron chi connectivity index (χ3n) is 4.95. The van der Waals surface area contributed by atoms with E-state index in [1.807, 2.05) is 0 Å². The van der Waals surface area contributed by atoms with Crippen LogP contribution in [0.4, 0.5) is 70.2 Å². The molecule has 20 heteroatoms. The number of ether oxygens (including phenoxy) is 2. The molecule has 4 nitrogen and oxygen atoms in total. The van der Waals surface area contributed by atoms with E-state index in [9.17, 15) is 79.8 Å². The molecular weight excluding hydrogens is 608 g/mol. The first kappa shape index (κ1) is 35.1. The van der Waals surface area contributed by atoms with Gasteiger partial charge in [-0.1, -0.05) is 12.1 Å². The highest BCUT2D eigenvalue weighted by Gasteiger charge is 2.80. The molecular formula is C20H14F16O4. The summed E-state index contributed by atoms with van der Waals surface area (Å²) >= 11 is 0. The Labute approximate surface area is 212 Å². The van der Waals surface area contributed by atoms with Gasteiger partial charge in [0.25, 0.3) is 0 Å². The van der Waals surface area contributed by atoms with Crippen LogP contribution in [-0.2, 0) is 9.47 Å². The zero-order chi connectivity index (χ0) is 32.0. The predicted octanol–water partition coefficient (Wildman–Crippen LogP) is 7.12. The van der Waals surface area contributed by atoms with Gasteiger partial charge in [-0.25, -0.2) is 9.59 Å². The molecule has 0 fully saturated rings. The molecule has 1 aromatic carbocycles. The molecule has 0 unspecified atom stereocenters. The molecule has 0 heterocycles. The normalized spacial score (nSPS) is 14.7. The largest absolute Gasteiger partial charge is 0.455 e. The average molecular weight is 622 g/mol. The zero-order valence-corrected chi connectivity index (χ0v) is 19.4. The standard InChI is InChI=1S/C20H14F16O4/c1-13(21,22)17(29,30)19(33,34)15(25,26)7-39-11(37)9-5-3-4-6-10(9)12(38)40-8-16(27,28)20(35,36)18(31,32)14(2,23)24/h3-6H,7-8H2,1-2H3. The maximum absolute atomic E-state index is 13.7. The zero-order valence-electron chi connectivity index (χ0n) is 19.4. The summed E-state index contributed by atoms with van der Waals surface area (Å²) in [7, 11) is 0. The molecule has 230 valence electrons. The Bertz CT molecular complexity index is 1000. The lowest BCUT2D eigenvalue weighted by Gasteiger charge is -2.35. The minimum Gasteiger partial charge on any atom is -0.455 e. The SMILES string of the molecule is CC(F)(F)C(F)(F)C(F)(F)C(F)(F)COC(=O)c1ccccc1C(=O)OCC(F)(F)C(F)(F)C(F)(F)C(C)(F)F. The van der Waals surface area contributed by atoms with E-state index in [1.54, 1.807) is 0 Å². The molecule has 0 spiro atoms. The first-order valence-electron chi connectivity index (χ1n) is 9.95. The van der Waals surface area contributed by atoms with Gasteiger partial charge in [0.1, 0.15) is 0 Å². The third kappa shape index (κ3) is 6.03. The van der Waals surface area contributed by atoms with Gasteiger partial charge in [-0.2, -0.15) is 70.2 Å². The van der Waals surface area contributed by atoms with Gasteiger partial charge in [-0.05, 0) is 12.1 Å². The Morgan fingerprint density at radius 1 is 0.525 bits per heavy atom. The lowest BCUT2D eigenvalue weighted by Crippen LogP contribution is -2.62. The van der Waals surface area contributed by atoms with Crippen LogP contribution >= 0.6 is 0 Å². The summed E-state index contributed by atoms with van der Waals surface area (Å²) in [4.78, 5) is 24.0. The minimum absolute atomic E-state index is 0.391. The lowest BCUT2D eigenvalue weighted by atomic mass is 10.00. The van der Waals surface area contributed by atoms with Crippen LogP contribution in [0.15, 0.2) is 24.3 Å². The third-order valence-corrected chi connectivity index (χ3v) is 4.95. The fourth-order valence-corrected chi connectivity index (χ4v) is 2.50. The van der Waals surface area contributed by atoms with Crippen LogP contribution in [-0.4, -0.2) is 72.5 Å². The maximum atomic E-state index is 13.7. The van der Waals surface area contributed by atoms with E-state index >= 15 is 0 Å². The number of carbonyl (C=O) groups is 2. The second-order valence-corrected chi connectivity index (χ2v) is 8.18. The first-order valence-corrected chi connectivity index (χ1v) is 9.95. The summed E-state index contributed by atoms with van der Waals surface area (Å²) in [6.07, 6.45) is 0. The van der Waals surface area contributed by atoms with E-state index in [0.717, 1.165) is 12.1 Å². The van der Waals surface area contributed by atoms with Crippen molar-refractivity contribution in [2.45, 2.75) is 61.2 Å². The second kappa shape index (κ2) is 10.5. The summed E-state index contributed by atoms with van der Waals surface area (Å²) in [6, 6.07) is 2.28. The summed E-state index contributed by atoms with van der Waals surface area (Å²) in [6.45, 7) is -7.70. The molecule has 0 radical (unpaired) electrons. The Morgan fingerprint density at radius 3 is 1.00 bits per heavy atom. The van der Waals surface area contributed by atoms with Gasteiger partial charge in [0, 0.05) is 13.8 Å². The molecule has 40 heavy (non-hydrogen) atoms. The van der Waals surface area contributed by atoms with Crippen molar-refractivity contribution in [1.82, 2.24) is 0 Å². The summed E-state index contributed by atoms with van der Waals surface area (Å²) in [5, 5.41) is 0. The van der Waals surface area contributed by atoms with Crippen molar-refractivity contribution in [1.29, 1.82) is 0 Å². The van der Waals surface area contributed by atoms with Gasteiger partial charge in [0.2, 0.25) is 0 Å². The monoisotopic (exact) mass is 622 g/mol. The van der Waals surface area contributed by atoms with E-state index in [2.05, 4.69) is 9.47 Å². The predicted molar refractivity (Wildman–Crippen MR) is 97.9 cm³/mol. The highest BCUT2D eigenvalue weighted by molar-refractivity contribution is 6.03. The van der Waals surface area contributed by atoms with Gasteiger partial charge in [0.05, 0.1) is 11.1 Å². The van der Waals surface area contributed by atoms with Gasteiger partial charge >= 0.3 is 59.3 Å². The van der Waals surface area contributed by atoms with Crippen LogP contribution in [0.3, 0.4) is 0 Å². The Hall–Kier alpha value is -2.96. The molecule has 0 aliphatic rings. The number of rotatable bonds is 12. The van der Waals surface area contributed by atoms with Crippen LogP contribution in [0.25, 0.3) is 0 Å². The van der Waals surface area contributed by atoms with Crippen molar-refractivity contribution >= 4 is 11.9 Å². The van der Waals surface area contributed by atoms with Crippen molar-refractivity contribution in [2.75, 3.05) is 13.2 Å². The van der Waals surface area contributed by atoms with Gasteiger partial charge in [0.15, 0.2) is 13.2 Å². The molecule has 0 amide bonds. The number of benzene rings is 1. The highest BCUT2D eigenvalue weighted by Crippen LogP contribution is 2.53. The van der Waals surface area contributed by atoms with E-state index in [-0.39, 0.29) is 0 Å². The summed E-state index contributed by atoms with van der Waals surface area (Å²) in [5.74, 6) is -55.5. The van der Waals surface area contributed by atoms with Crippen LogP contribution in [0, 0.1) is 0 Å². The van der Waals surface area contributed by atoms with Crippen molar-refractivity contribution in [3.8, 4) is 0 Å². The molecule has 0 saturated heterocycles.